The molecule has 16 heavy (non-hydrogen) atoms. The Balaban J connectivity index is 2.96. The fraction of sp³-hybridized carbons (Fsp3) is 0. The van der Waals surface area contributed by atoms with Gasteiger partial charge in [-0.1, -0.05) is 6.58 Å². The summed E-state index contributed by atoms with van der Waals surface area (Å²) in [6, 6.07) is 4.40. The van der Waals surface area contributed by atoms with Crippen molar-refractivity contribution < 1.29 is 9.53 Å². The highest BCUT2D eigenvalue weighted by Gasteiger charge is 2.16. The number of benzene rings is 1. The van der Waals surface area contributed by atoms with E-state index in [1.807, 2.05) is 0 Å². The van der Waals surface area contributed by atoms with Crippen LogP contribution in [0.2, 0.25) is 0 Å². The molecule has 0 amide bonds. The number of rotatable bonds is 2. The summed E-state index contributed by atoms with van der Waals surface area (Å²) in [6.45, 7) is 3.38. The Bertz CT molecular complexity index is 748. The number of nitrogens with zero attached hydrogens (tertiary/aromatic N) is 2. The molecule has 0 fully saturated rings. The molecule has 0 heterocycles. The molecule has 0 saturated carbocycles. The van der Waals surface area contributed by atoms with Crippen LogP contribution in [0, 0.1) is 0 Å². The van der Waals surface area contributed by atoms with E-state index in [4.69, 9.17) is 10.3 Å². The van der Waals surface area contributed by atoms with Crippen LogP contribution >= 0.6 is 0 Å². The van der Waals surface area contributed by atoms with Gasteiger partial charge in [-0.15, -0.1) is 0 Å². The summed E-state index contributed by atoms with van der Waals surface area (Å²) in [5, 5.41) is -0.0721. The lowest BCUT2D eigenvalue weighted by atomic mass is 10.2. The lowest BCUT2D eigenvalue weighted by molar-refractivity contribution is -0.0674. The van der Waals surface area contributed by atoms with Gasteiger partial charge in [-0.3, -0.25) is 9.59 Å². The first kappa shape index (κ1) is 10.0. The van der Waals surface area contributed by atoms with Gasteiger partial charge in [0, 0.05) is 10.8 Å². The highest BCUT2D eigenvalue weighted by Crippen LogP contribution is 2.15. The minimum absolute atomic E-state index is 0.178. The first-order valence-corrected chi connectivity index (χ1v) is 4.42. The van der Waals surface area contributed by atoms with Gasteiger partial charge in [-0.05, 0) is 18.2 Å². The van der Waals surface area contributed by atoms with E-state index in [1.54, 1.807) is 0 Å². The molecular formula is C11H6N2O3. The predicted octanol–water partition coefficient (Wildman–Crippen LogP) is 0.0886. The van der Waals surface area contributed by atoms with Crippen molar-refractivity contribution in [1.29, 1.82) is 0 Å². The molecule has 5 nitrogen and oxygen atoms in total. The quantitative estimate of drug-likeness (QED) is 0.403. The maximum atomic E-state index is 11.6. The second-order valence-electron chi connectivity index (χ2n) is 3.10. The van der Waals surface area contributed by atoms with Gasteiger partial charge >= 0.3 is 5.36 Å². The normalized spacial score (nSPS) is 10.0. The van der Waals surface area contributed by atoms with Crippen LogP contribution in [-0.2, 0) is 0 Å². The molecule has 78 valence electrons. The van der Waals surface area contributed by atoms with Crippen LogP contribution < -0.4 is 21.0 Å². The van der Waals surface area contributed by atoms with Crippen LogP contribution in [-0.4, -0.2) is 4.79 Å². The highest BCUT2D eigenvalue weighted by atomic mass is 16.5. The van der Waals surface area contributed by atoms with Gasteiger partial charge in [0.2, 0.25) is 0 Å². The van der Waals surface area contributed by atoms with E-state index >= 15 is 0 Å². The molecule has 0 spiro atoms. The molecule has 0 unspecified atom stereocenters. The Morgan fingerprint density at radius 2 is 1.94 bits per heavy atom. The fourth-order valence-electron chi connectivity index (χ4n) is 1.53. The predicted molar refractivity (Wildman–Crippen MR) is 56.4 cm³/mol. The summed E-state index contributed by atoms with van der Waals surface area (Å²) in [7, 11) is 0. The van der Waals surface area contributed by atoms with Gasteiger partial charge in [-0.2, -0.15) is 4.79 Å². The van der Waals surface area contributed by atoms with Crippen molar-refractivity contribution in [3.63, 3.8) is 0 Å². The standard InChI is InChI=1S/C11H6N2O3/c1-2-16-6-3-4-7-8(5-6)11(15)9(13-12)10(7)14/h2-5H,1H2. The van der Waals surface area contributed by atoms with E-state index in [-0.39, 0.29) is 10.8 Å². The first-order chi connectivity index (χ1) is 7.69. The molecule has 0 aliphatic carbocycles. The minimum atomic E-state index is -0.600. The summed E-state index contributed by atoms with van der Waals surface area (Å²) < 4.78 is 4.98. The molecule has 0 radical (unpaired) electrons. The minimum Gasteiger partial charge on any atom is -0.466 e. The zero-order valence-electron chi connectivity index (χ0n) is 8.14. The Kier molecular flexibility index (Phi) is 2.23. The molecule has 0 bridgehead atoms. The molecule has 2 rings (SSSR count). The van der Waals surface area contributed by atoms with Crippen LogP contribution in [0.25, 0.3) is 16.3 Å². The molecule has 0 aliphatic rings. The Labute approximate surface area is 89.2 Å². The van der Waals surface area contributed by atoms with Crippen molar-refractivity contribution >= 4 is 10.8 Å². The summed E-state index contributed by atoms with van der Waals surface area (Å²) >= 11 is 0. The van der Waals surface area contributed by atoms with Crippen LogP contribution in [0.4, 0.5) is 0 Å². The van der Waals surface area contributed by atoms with Crippen molar-refractivity contribution in [2.75, 3.05) is 0 Å². The van der Waals surface area contributed by atoms with Crippen molar-refractivity contribution in [2.45, 2.75) is 0 Å². The summed E-state index contributed by atoms with van der Waals surface area (Å²) in [4.78, 5) is 25.8. The molecule has 2 aromatic rings. The smallest absolute Gasteiger partial charge is 0.410 e. The third-order valence-corrected chi connectivity index (χ3v) is 2.23. The van der Waals surface area contributed by atoms with E-state index < -0.39 is 16.2 Å². The van der Waals surface area contributed by atoms with Gasteiger partial charge in [0.25, 0.3) is 10.9 Å². The van der Waals surface area contributed by atoms with E-state index in [2.05, 4.69) is 11.4 Å². The van der Waals surface area contributed by atoms with Crippen LogP contribution in [0.5, 0.6) is 5.75 Å². The zero-order valence-corrected chi connectivity index (χ0v) is 8.14. The number of fused-ring (bicyclic) bond motifs is 1. The summed E-state index contributed by atoms with van der Waals surface area (Å²) in [6.07, 6.45) is 1.21. The largest absolute Gasteiger partial charge is 0.466 e. The van der Waals surface area contributed by atoms with E-state index in [0.717, 1.165) is 0 Å². The second-order valence-corrected chi connectivity index (χ2v) is 3.10. The number of ether oxygens (including phenoxy) is 1. The van der Waals surface area contributed by atoms with Gasteiger partial charge in [0.05, 0.1) is 6.26 Å². The number of hydrogen-bond acceptors (Lipinski definition) is 3. The highest BCUT2D eigenvalue weighted by molar-refractivity contribution is 5.84. The van der Waals surface area contributed by atoms with Crippen LogP contribution in [0.3, 0.4) is 0 Å². The molecule has 2 aromatic carbocycles. The lowest BCUT2D eigenvalue weighted by Gasteiger charge is -1.97. The maximum absolute atomic E-state index is 11.6. The topological polar surface area (TPSA) is 79.8 Å². The molecule has 5 heteroatoms. The lowest BCUT2D eigenvalue weighted by Crippen LogP contribution is -2.32. The third kappa shape index (κ3) is 1.27. The van der Waals surface area contributed by atoms with E-state index in [0.29, 0.717) is 5.75 Å². The average molecular weight is 214 g/mol. The monoisotopic (exact) mass is 214 g/mol. The molecule has 0 N–H and O–H groups in total. The zero-order chi connectivity index (χ0) is 11.7. The Morgan fingerprint density at radius 1 is 1.25 bits per heavy atom. The van der Waals surface area contributed by atoms with Crippen molar-refractivity contribution in [3.8, 4) is 5.75 Å². The molecule has 0 aliphatic heterocycles. The van der Waals surface area contributed by atoms with Crippen LogP contribution in [0.1, 0.15) is 0 Å². The number of hydrogen-bond donors (Lipinski definition) is 0. The van der Waals surface area contributed by atoms with Gasteiger partial charge in [0.15, 0.2) is 0 Å². The Morgan fingerprint density at radius 3 is 2.56 bits per heavy atom. The molecule has 0 aromatic heterocycles. The first-order valence-electron chi connectivity index (χ1n) is 4.42. The van der Waals surface area contributed by atoms with Crippen molar-refractivity contribution in [1.82, 2.24) is 0 Å². The summed E-state index contributed by atoms with van der Waals surface area (Å²) in [5.74, 6) is 0.397. The van der Waals surface area contributed by atoms with Crippen LogP contribution in [0.15, 0.2) is 40.6 Å². The molecule has 0 atom stereocenters. The molecular weight excluding hydrogens is 208 g/mol. The van der Waals surface area contributed by atoms with Gasteiger partial charge in [0.1, 0.15) is 5.75 Å². The Hall–Kier alpha value is -2.52. The van der Waals surface area contributed by atoms with E-state index in [9.17, 15) is 9.59 Å². The van der Waals surface area contributed by atoms with Crippen molar-refractivity contribution in [3.05, 3.63) is 62.4 Å². The van der Waals surface area contributed by atoms with Crippen molar-refractivity contribution in [2.24, 2.45) is 0 Å². The maximum Gasteiger partial charge on any atom is 0.410 e. The SMILES string of the molecule is C=COc1ccc2c(=O)c(=[N+]=[N-])c(=O)c2c1. The fourth-order valence-corrected chi connectivity index (χ4v) is 1.53. The van der Waals surface area contributed by atoms with Gasteiger partial charge < -0.3 is 10.3 Å². The van der Waals surface area contributed by atoms with Gasteiger partial charge in [-0.25, -0.2) is 0 Å². The second kappa shape index (κ2) is 3.56. The average Bonchev–Trinajstić information content (AvgIpc) is 2.52. The molecule has 0 saturated heterocycles. The third-order valence-electron chi connectivity index (χ3n) is 2.23. The van der Waals surface area contributed by atoms with E-state index in [1.165, 1.54) is 24.5 Å². The summed E-state index contributed by atoms with van der Waals surface area (Å²) in [5.41, 5.74) is 7.37.